The standard InChI is InChI=1S/C12H15Cl2NOS/c1-6(7(2)12(15)17)9-4-8(13)5-10(14)11(9)16-3/h4-7H,1-3H3,(H2,15,17). The van der Waals surface area contributed by atoms with Crippen molar-refractivity contribution < 1.29 is 4.74 Å². The highest BCUT2D eigenvalue weighted by Gasteiger charge is 2.22. The van der Waals surface area contributed by atoms with Gasteiger partial charge < -0.3 is 10.5 Å². The summed E-state index contributed by atoms with van der Waals surface area (Å²) in [6.07, 6.45) is 0. The average Bonchev–Trinajstić information content (AvgIpc) is 2.25. The summed E-state index contributed by atoms with van der Waals surface area (Å²) in [5.41, 5.74) is 6.59. The molecular formula is C12H15Cl2NOS. The highest BCUT2D eigenvalue weighted by molar-refractivity contribution is 7.80. The van der Waals surface area contributed by atoms with E-state index in [1.807, 2.05) is 19.9 Å². The number of rotatable bonds is 4. The minimum absolute atomic E-state index is 0.0495. The Hall–Kier alpha value is -0.510. The van der Waals surface area contributed by atoms with E-state index in [1.165, 1.54) is 0 Å². The summed E-state index contributed by atoms with van der Waals surface area (Å²) in [7, 11) is 1.58. The van der Waals surface area contributed by atoms with E-state index in [1.54, 1.807) is 13.2 Å². The van der Waals surface area contributed by atoms with Gasteiger partial charge in [0.25, 0.3) is 0 Å². The number of hydrogen-bond acceptors (Lipinski definition) is 2. The minimum atomic E-state index is 0.0495. The maximum absolute atomic E-state index is 6.09. The van der Waals surface area contributed by atoms with Crippen molar-refractivity contribution in [1.82, 2.24) is 0 Å². The van der Waals surface area contributed by atoms with Crippen molar-refractivity contribution in [3.05, 3.63) is 27.7 Å². The second-order valence-corrected chi connectivity index (χ2v) is 5.30. The largest absolute Gasteiger partial charge is 0.495 e. The van der Waals surface area contributed by atoms with Crippen LogP contribution in [0.25, 0.3) is 0 Å². The Morgan fingerprint density at radius 2 is 1.94 bits per heavy atom. The number of benzene rings is 1. The van der Waals surface area contributed by atoms with Crippen molar-refractivity contribution in [2.45, 2.75) is 19.8 Å². The lowest BCUT2D eigenvalue weighted by atomic mass is 9.88. The van der Waals surface area contributed by atoms with Crippen LogP contribution in [-0.4, -0.2) is 12.1 Å². The van der Waals surface area contributed by atoms with Crippen LogP contribution in [0.3, 0.4) is 0 Å². The second-order valence-electron chi connectivity index (χ2n) is 3.99. The Bertz CT molecular complexity index is 437. The van der Waals surface area contributed by atoms with Crippen LogP contribution in [0.15, 0.2) is 12.1 Å². The molecule has 5 heteroatoms. The first kappa shape index (κ1) is 14.6. The van der Waals surface area contributed by atoms with Crippen LogP contribution in [0.4, 0.5) is 0 Å². The monoisotopic (exact) mass is 291 g/mol. The predicted octanol–water partition coefficient (Wildman–Crippen LogP) is 4.03. The molecule has 0 aliphatic carbocycles. The van der Waals surface area contributed by atoms with Gasteiger partial charge in [-0.3, -0.25) is 0 Å². The van der Waals surface area contributed by atoms with Crippen LogP contribution < -0.4 is 10.5 Å². The number of thiocarbonyl (C=S) groups is 1. The lowest BCUT2D eigenvalue weighted by molar-refractivity contribution is 0.403. The highest BCUT2D eigenvalue weighted by atomic mass is 35.5. The fourth-order valence-corrected chi connectivity index (χ4v) is 2.44. The Balaban J connectivity index is 3.24. The lowest BCUT2D eigenvalue weighted by Crippen LogP contribution is -2.23. The summed E-state index contributed by atoms with van der Waals surface area (Å²) in [5.74, 6) is 0.777. The zero-order valence-electron chi connectivity index (χ0n) is 9.96. The van der Waals surface area contributed by atoms with Gasteiger partial charge in [0.15, 0.2) is 0 Å². The molecule has 0 saturated heterocycles. The molecule has 94 valence electrons. The smallest absolute Gasteiger partial charge is 0.141 e. The summed E-state index contributed by atoms with van der Waals surface area (Å²) < 4.78 is 5.31. The van der Waals surface area contributed by atoms with Gasteiger partial charge in [-0.1, -0.05) is 49.3 Å². The molecule has 0 heterocycles. The van der Waals surface area contributed by atoms with E-state index in [4.69, 9.17) is 45.9 Å². The SMILES string of the molecule is COc1c(Cl)cc(Cl)cc1C(C)C(C)C(N)=S. The van der Waals surface area contributed by atoms with Crippen molar-refractivity contribution >= 4 is 40.4 Å². The van der Waals surface area contributed by atoms with E-state index in [0.717, 1.165) is 5.56 Å². The summed E-state index contributed by atoms with van der Waals surface area (Å²) in [6.45, 7) is 4.00. The quantitative estimate of drug-likeness (QED) is 0.851. The summed E-state index contributed by atoms with van der Waals surface area (Å²) in [6, 6.07) is 3.50. The number of ether oxygens (including phenoxy) is 1. The first-order valence-electron chi connectivity index (χ1n) is 5.20. The third kappa shape index (κ3) is 3.24. The highest BCUT2D eigenvalue weighted by Crippen LogP contribution is 2.39. The van der Waals surface area contributed by atoms with E-state index in [0.29, 0.717) is 20.8 Å². The molecule has 1 rings (SSSR count). The molecule has 0 fully saturated rings. The molecule has 2 atom stereocenters. The predicted molar refractivity (Wildman–Crippen MR) is 77.4 cm³/mol. The van der Waals surface area contributed by atoms with Gasteiger partial charge in [0.1, 0.15) is 5.75 Å². The molecular weight excluding hydrogens is 277 g/mol. The minimum Gasteiger partial charge on any atom is -0.495 e. The third-order valence-electron chi connectivity index (χ3n) is 2.93. The Morgan fingerprint density at radius 3 is 2.41 bits per heavy atom. The van der Waals surface area contributed by atoms with Crippen molar-refractivity contribution in [3.63, 3.8) is 0 Å². The maximum Gasteiger partial charge on any atom is 0.141 e. The van der Waals surface area contributed by atoms with Gasteiger partial charge in [0.05, 0.1) is 17.1 Å². The second kappa shape index (κ2) is 5.89. The first-order chi connectivity index (χ1) is 7.88. The molecule has 0 radical (unpaired) electrons. The van der Waals surface area contributed by atoms with Crippen molar-refractivity contribution in [3.8, 4) is 5.75 Å². The van der Waals surface area contributed by atoms with E-state index < -0.39 is 0 Å². The van der Waals surface area contributed by atoms with E-state index in [9.17, 15) is 0 Å². The molecule has 0 saturated carbocycles. The van der Waals surface area contributed by atoms with Gasteiger partial charge in [-0.2, -0.15) is 0 Å². The van der Waals surface area contributed by atoms with Gasteiger partial charge >= 0.3 is 0 Å². The molecule has 1 aromatic rings. The Labute approximate surface area is 117 Å². The molecule has 1 aromatic carbocycles. The van der Waals surface area contributed by atoms with Gasteiger partial charge in [0, 0.05) is 16.5 Å². The van der Waals surface area contributed by atoms with Gasteiger partial charge in [-0.05, 0) is 18.1 Å². The number of methoxy groups -OCH3 is 1. The van der Waals surface area contributed by atoms with E-state index in [-0.39, 0.29) is 11.8 Å². The number of hydrogen-bond donors (Lipinski definition) is 1. The van der Waals surface area contributed by atoms with E-state index >= 15 is 0 Å². The lowest BCUT2D eigenvalue weighted by Gasteiger charge is -2.22. The summed E-state index contributed by atoms with van der Waals surface area (Å²) in [4.78, 5) is 0.468. The number of nitrogens with two attached hydrogens (primary N) is 1. The fraction of sp³-hybridized carbons (Fsp3) is 0.417. The Morgan fingerprint density at radius 1 is 1.35 bits per heavy atom. The average molecular weight is 292 g/mol. The van der Waals surface area contributed by atoms with Crippen molar-refractivity contribution in [2.24, 2.45) is 11.7 Å². The first-order valence-corrected chi connectivity index (χ1v) is 6.37. The molecule has 0 aromatic heterocycles. The van der Waals surface area contributed by atoms with Gasteiger partial charge in [0.2, 0.25) is 0 Å². The molecule has 2 unspecified atom stereocenters. The molecule has 0 amide bonds. The van der Waals surface area contributed by atoms with Crippen LogP contribution in [0.5, 0.6) is 5.75 Å². The molecule has 0 aliphatic heterocycles. The fourth-order valence-electron chi connectivity index (χ4n) is 1.65. The topological polar surface area (TPSA) is 35.2 Å². The molecule has 0 spiro atoms. The maximum atomic E-state index is 6.09. The van der Waals surface area contributed by atoms with Crippen LogP contribution in [0.1, 0.15) is 25.3 Å². The number of halogens is 2. The summed E-state index contributed by atoms with van der Waals surface area (Å²) >= 11 is 17.1. The summed E-state index contributed by atoms with van der Waals surface area (Å²) in [5, 5.41) is 1.07. The van der Waals surface area contributed by atoms with Crippen molar-refractivity contribution in [1.29, 1.82) is 0 Å². The third-order valence-corrected chi connectivity index (χ3v) is 3.80. The molecule has 17 heavy (non-hydrogen) atoms. The molecule has 2 nitrogen and oxygen atoms in total. The Kier molecular flexibility index (Phi) is 5.04. The van der Waals surface area contributed by atoms with Crippen molar-refractivity contribution in [2.75, 3.05) is 7.11 Å². The van der Waals surface area contributed by atoms with Crippen LogP contribution in [0, 0.1) is 5.92 Å². The van der Waals surface area contributed by atoms with Gasteiger partial charge in [-0.15, -0.1) is 0 Å². The normalized spacial score (nSPS) is 14.2. The molecule has 2 N–H and O–H groups in total. The van der Waals surface area contributed by atoms with Crippen LogP contribution in [-0.2, 0) is 0 Å². The molecule has 0 aliphatic rings. The van der Waals surface area contributed by atoms with Gasteiger partial charge in [-0.25, -0.2) is 0 Å². The molecule has 0 bridgehead atoms. The van der Waals surface area contributed by atoms with Crippen LogP contribution in [0.2, 0.25) is 10.0 Å². The van der Waals surface area contributed by atoms with E-state index in [2.05, 4.69) is 0 Å². The zero-order valence-corrected chi connectivity index (χ0v) is 12.3. The van der Waals surface area contributed by atoms with Crippen LogP contribution >= 0.6 is 35.4 Å². The zero-order chi connectivity index (χ0) is 13.2.